The fourth-order valence-electron chi connectivity index (χ4n) is 2.94. The number of fused-ring (bicyclic) bond motifs is 1. The first-order chi connectivity index (χ1) is 14.6. The van der Waals surface area contributed by atoms with Gasteiger partial charge >= 0.3 is 0 Å². The van der Waals surface area contributed by atoms with Crippen LogP contribution < -0.4 is 10.7 Å². The van der Waals surface area contributed by atoms with Gasteiger partial charge < -0.3 is 4.98 Å². The van der Waals surface area contributed by atoms with Crippen LogP contribution in [0.15, 0.2) is 59.7 Å². The maximum atomic E-state index is 12.2. The Morgan fingerprint density at radius 1 is 1.10 bits per heavy atom. The molecule has 2 aromatic heterocycles. The van der Waals surface area contributed by atoms with Crippen molar-refractivity contribution in [2.75, 3.05) is 5.32 Å². The third kappa shape index (κ3) is 4.41. The van der Waals surface area contributed by atoms with Crippen LogP contribution in [0.1, 0.15) is 26.6 Å². The normalized spacial score (nSPS) is 11.1. The van der Waals surface area contributed by atoms with Crippen LogP contribution in [0.4, 0.5) is 5.13 Å². The predicted molar refractivity (Wildman–Crippen MR) is 117 cm³/mol. The number of nitrogens with zero attached hydrogens (tertiary/aromatic N) is 3. The number of aryl methyl sites for hydroxylation is 1. The molecule has 0 fully saturated rings. The van der Waals surface area contributed by atoms with E-state index in [4.69, 9.17) is 0 Å². The van der Waals surface area contributed by atoms with E-state index < -0.39 is 0 Å². The number of carbonyl (C=O) groups is 2. The molecule has 0 bridgehead atoms. The smallest absolute Gasteiger partial charge is 0.257 e. The molecular formula is C21H18N6O2S. The van der Waals surface area contributed by atoms with Crippen molar-refractivity contribution in [2.45, 2.75) is 13.3 Å². The van der Waals surface area contributed by atoms with Gasteiger partial charge in [-0.2, -0.15) is 5.10 Å². The maximum Gasteiger partial charge on any atom is 0.257 e. The van der Waals surface area contributed by atoms with Crippen LogP contribution in [0.5, 0.6) is 0 Å². The van der Waals surface area contributed by atoms with Crippen molar-refractivity contribution >= 4 is 45.4 Å². The first-order valence-electron chi connectivity index (χ1n) is 9.18. The average Bonchev–Trinajstić information content (AvgIpc) is 3.32. The minimum atomic E-state index is -0.319. The first-order valence-corrected chi connectivity index (χ1v) is 10.00. The number of hydrogen-bond acceptors (Lipinski definition) is 6. The summed E-state index contributed by atoms with van der Waals surface area (Å²) in [6.45, 7) is 1.95. The van der Waals surface area contributed by atoms with Gasteiger partial charge in [0.2, 0.25) is 11.0 Å². The van der Waals surface area contributed by atoms with E-state index in [1.807, 2.05) is 37.3 Å². The molecule has 4 rings (SSSR count). The molecule has 0 atom stereocenters. The van der Waals surface area contributed by atoms with E-state index in [2.05, 4.69) is 31.0 Å². The van der Waals surface area contributed by atoms with E-state index in [0.29, 0.717) is 15.7 Å². The number of H-pyrrole nitrogens is 1. The van der Waals surface area contributed by atoms with Crippen molar-refractivity contribution in [1.29, 1.82) is 0 Å². The molecule has 0 spiro atoms. The Bertz CT molecular complexity index is 1230. The third-order valence-corrected chi connectivity index (χ3v) is 5.20. The molecule has 3 N–H and O–H groups in total. The van der Waals surface area contributed by atoms with Crippen LogP contribution in [0.2, 0.25) is 0 Å². The minimum Gasteiger partial charge on any atom is -0.358 e. The van der Waals surface area contributed by atoms with Gasteiger partial charge in [-0.3, -0.25) is 14.9 Å². The highest BCUT2D eigenvalue weighted by atomic mass is 32.1. The highest BCUT2D eigenvalue weighted by molar-refractivity contribution is 7.15. The number of nitrogens with one attached hydrogen (secondary N) is 3. The summed E-state index contributed by atoms with van der Waals surface area (Å²) in [4.78, 5) is 27.6. The molecule has 150 valence electrons. The summed E-state index contributed by atoms with van der Waals surface area (Å²) in [5, 5.41) is 16.5. The number of para-hydroxylation sites is 1. The molecule has 2 amide bonds. The average molecular weight is 418 g/mol. The van der Waals surface area contributed by atoms with Gasteiger partial charge in [-0.05, 0) is 25.1 Å². The molecule has 30 heavy (non-hydrogen) atoms. The fourth-order valence-corrected chi connectivity index (χ4v) is 3.68. The van der Waals surface area contributed by atoms with Crippen LogP contribution in [-0.4, -0.2) is 33.2 Å². The molecule has 0 aliphatic carbocycles. The maximum absolute atomic E-state index is 12.2. The minimum absolute atomic E-state index is 0.0169. The van der Waals surface area contributed by atoms with Gasteiger partial charge in [-0.15, -0.1) is 10.2 Å². The Labute approximate surface area is 176 Å². The highest BCUT2D eigenvalue weighted by Gasteiger charge is 2.12. The van der Waals surface area contributed by atoms with Gasteiger partial charge in [0.05, 0.1) is 12.6 Å². The number of hydrogen-bond donors (Lipinski definition) is 3. The molecule has 4 aromatic rings. The summed E-state index contributed by atoms with van der Waals surface area (Å²) < 4.78 is 0. The molecule has 0 unspecified atom stereocenters. The molecule has 0 saturated heterocycles. The number of rotatable bonds is 6. The van der Waals surface area contributed by atoms with E-state index >= 15 is 0 Å². The fraction of sp³-hybridized carbons (Fsp3) is 0.0952. The lowest BCUT2D eigenvalue weighted by molar-refractivity contribution is -0.120. The lowest BCUT2D eigenvalue weighted by Crippen LogP contribution is -2.19. The standard InChI is InChI=1S/C21H18N6O2S/c1-13-16(15-9-5-6-10-17(15)23-13)12-22-25-18(28)11-19-26-27-21(30-19)24-20(29)14-7-3-2-4-8-14/h2-10,12,23H,11H2,1H3,(H,25,28)(H,24,27,29)/b22-12-. The Morgan fingerprint density at radius 2 is 1.87 bits per heavy atom. The van der Waals surface area contributed by atoms with Gasteiger partial charge in [0, 0.05) is 27.7 Å². The summed E-state index contributed by atoms with van der Waals surface area (Å²) in [6, 6.07) is 16.7. The summed E-state index contributed by atoms with van der Waals surface area (Å²) in [5.74, 6) is -0.595. The summed E-state index contributed by atoms with van der Waals surface area (Å²) >= 11 is 1.15. The second-order valence-electron chi connectivity index (χ2n) is 6.50. The number of aromatic amines is 1. The lowest BCUT2D eigenvalue weighted by atomic mass is 10.1. The van der Waals surface area contributed by atoms with Gasteiger partial charge in [0.15, 0.2) is 0 Å². The second-order valence-corrected chi connectivity index (χ2v) is 7.56. The van der Waals surface area contributed by atoms with Gasteiger partial charge in [0.1, 0.15) is 5.01 Å². The zero-order valence-corrected chi connectivity index (χ0v) is 16.9. The van der Waals surface area contributed by atoms with Crippen molar-refractivity contribution in [3.63, 3.8) is 0 Å². The van der Waals surface area contributed by atoms with Crippen LogP contribution in [0.25, 0.3) is 10.9 Å². The van der Waals surface area contributed by atoms with Crippen LogP contribution in [0.3, 0.4) is 0 Å². The van der Waals surface area contributed by atoms with Gasteiger partial charge in [-0.25, -0.2) is 5.43 Å². The highest BCUT2D eigenvalue weighted by Crippen LogP contribution is 2.20. The molecule has 0 aliphatic heterocycles. The predicted octanol–water partition coefficient (Wildman–Crippen LogP) is 3.27. The van der Waals surface area contributed by atoms with Crippen molar-refractivity contribution in [3.8, 4) is 0 Å². The Balaban J connectivity index is 1.34. The topological polar surface area (TPSA) is 112 Å². The first kappa shape index (κ1) is 19.5. The zero-order chi connectivity index (χ0) is 20.9. The lowest BCUT2D eigenvalue weighted by Gasteiger charge is -1.99. The number of carbonyl (C=O) groups excluding carboxylic acids is 2. The van der Waals surface area contributed by atoms with Gasteiger partial charge in [0.25, 0.3) is 5.91 Å². The Kier molecular flexibility index (Phi) is 5.62. The molecule has 2 heterocycles. The van der Waals surface area contributed by atoms with E-state index in [9.17, 15) is 9.59 Å². The summed E-state index contributed by atoms with van der Waals surface area (Å²) in [5.41, 5.74) is 5.94. The van der Waals surface area contributed by atoms with Crippen molar-refractivity contribution in [3.05, 3.63) is 76.4 Å². The molecule has 0 radical (unpaired) electrons. The van der Waals surface area contributed by atoms with Crippen LogP contribution in [0, 0.1) is 6.92 Å². The van der Waals surface area contributed by atoms with E-state index in [1.54, 1.807) is 30.5 Å². The number of amides is 2. The number of benzene rings is 2. The summed E-state index contributed by atoms with van der Waals surface area (Å²) in [6.07, 6.45) is 1.64. The van der Waals surface area contributed by atoms with Crippen LogP contribution >= 0.6 is 11.3 Å². The van der Waals surface area contributed by atoms with Crippen LogP contribution in [-0.2, 0) is 11.2 Å². The second kappa shape index (κ2) is 8.66. The monoisotopic (exact) mass is 418 g/mol. The molecule has 8 nitrogen and oxygen atoms in total. The number of aromatic nitrogens is 3. The molecule has 9 heteroatoms. The summed E-state index contributed by atoms with van der Waals surface area (Å²) in [7, 11) is 0. The van der Waals surface area contributed by atoms with E-state index in [0.717, 1.165) is 33.5 Å². The molecular weight excluding hydrogens is 400 g/mol. The Hall–Kier alpha value is -3.85. The van der Waals surface area contributed by atoms with E-state index in [1.165, 1.54) is 0 Å². The van der Waals surface area contributed by atoms with Crippen molar-refractivity contribution < 1.29 is 9.59 Å². The number of anilines is 1. The van der Waals surface area contributed by atoms with Gasteiger partial charge in [-0.1, -0.05) is 47.7 Å². The SMILES string of the molecule is Cc1[nH]c2ccccc2c1/C=N\NC(=O)Cc1nnc(NC(=O)c2ccccc2)s1. The third-order valence-electron chi connectivity index (χ3n) is 4.36. The largest absolute Gasteiger partial charge is 0.358 e. The van der Waals surface area contributed by atoms with Crippen molar-refractivity contribution in [2.24, 2.45) is 5.10 Å². The molecule has 0 aliphatic rings. The van der Waals surface area contributed by atoms with Crippen molar-refractivity contribution in [1.82, 2.24) is 20.6 Å². The van der Waals surface area contributed by atoms with E-state index in [-0.39, 0.29) is 18.2 Å². The quantitative estimate of drug-likeness (QED) is 0.329. The molecule has 2 aromatic carbocycles. The molecule has 0 saturated carbocycles. The zero-order valence-electron chi connectivity index (χ0n) is 16.0. The number of hydrazone groups is 1. The Morgan fingerprint density at radius 3 is 2.70 bits per heavy atom.